The first kappa shape index (κ1) is 25.8. The zero-order valence-electron chi connectivity index (χ0n) is 20.5. The Morgan fingerprint density at radius 1 is 1.24 bits per heavy atom. The Morgan fingerprint density at radius 2 is 2.00 bits per heavy atom. The number of aliphatic hydroxyl groups is 1. The minimum atomic E-state index is -0.706. The number of ether oxygens (including phenoxy) is 2. The van der Waals surface area contributed by atoms with E-state index in [2.05, 4.69) is 13.8 Å². The van der Waals surface area contributed by atoms with E-state index in [0.717, 1.165) is 13.0 Å². The van der Waals surface area contributed by atoms with Gasteiger partial charge in [0.15, 0.2) is 17.3 Å². The van der Waals surface area contributed by atoms with Crippen LogP contribution in [-0.2, 0) is 4.79 Å². The van der Waals surface area contributed by atoms with Crippen LogP contribution in [0.25, 0.3) is 0 Å². The van der Waals surface area contributed by atoms with Crippen molar-refractivity contribution in [1.29, 1.82) is 0 Å². The van der Waals surface area contributed by atoms with E-state index in [1.54, 1.807) is 41.7 Å². The van der Waals surface area contributed by atoms with Crippen LogP contribution in [0.5, 0.6) is 11.5 Å². The average molecular weight is 487 g/mol. The Kier molecular flexibility index (Phi) is 8.74. The molecule has 1 amide bonds. The monoisotopic (exact) mass is 486 g/mol. The molecule has 1 aromatic carbocycles. The van der Waals surface area contributed by atoms with Gasteiger partial charge in [0.05, 0.1) is 30.2 Å². The van der Waals surface area contributed by atoms with Gasteiger partial charge in [0.2, 0.25) is 5.78 Å². The molecule has 3 rings (SSSR count). The molecule has 0 spiro atoms. The van der Waals surface area contributed by atoms with E-state index >= 15 is 0 Å². The molecule has 0 fully saturated rings. The highest BCUT2D eigenvalue weighted by Gasteiger charge is 2.44. The number of amides is 1. The summed E-state index contributed by atoms with van der Waals surface area (Å²) in [4.78, 5) is 30.5. The Balaban J connectivity index is 1.98. The Hall–Kier alpha value is -2.84. The van der Waals surface area contributed by atoms with Crippen LogP contribution in [0.1, 0.15) is 48.0 Å². The van der Waals surface area contributed by atoms with Crippen molar-refractivity contribution in [2.24, 2.45) is 5.92 Å². The Bertz CT molecular complexity index is 1030. The molecule has 0 bridgehead atoms. The second kappa shape index (κ2) is 11.5. The third-order valence-corrected chi connectivity index (χ3v) is 6.62. The molecular weight excluding hydrogens is 452 g/mol. The van der Waals surface area contributed by atoms with Crippen LogP contribution in [0.2, 0.25) is 0 Å². The van der Waals surface area contributed by atoms with Crippen LogP contribution >= 0.6 is 11.3 Å². The first-order valence-corrected chi connectivity index (χ1v) is 12.4. The zero-order valence-corrected chi connectivity index (χ0v) is 21.4. The zero-order chi connectivity index (χ0) is 24.8. The second-order valence-corrected chi connectivity index (χ2v) is 10.0. The van der Waals surface area contributed by atoms with E-state index in [9.17, 15) is 14.7 Å². The standard InChI is InChI=1S/C26H34N2O5S/c1-17(2)11-14-33-19-10-9-18(16-20(19)32-5)23-22(24(29)21-8-6-15-34-21)25(30)26(31)28(23)13-7-12-27(3)4/h6,8-10,15-17,23,30H,7,11-14H2,1-5H3/t23-/m1/s1. The number of carbonyl (C=O) groups is 2. The Morgan fingerprint density at radius 3 is 2.62 bits per heavy atom. The summed E-state index contributed by atoms with van der Waals surface area (Å²) in [7, 11) is 5.50. The highest BCUT2D eigenvalue weighted by molar-refractivity contribution is 7.12. The summed E-state index contributed by atoms with van der Waals surface area (Å²) >= 11 is 1.29. The van der Waals surface area contributed by atoms with Crippen molar-refractivity contribution in [3.63, 3.8) is 0 Å². The fraction of sp³-hybridized carbons (Fsp3) is 0.462. The molecule has 184 valence electrons. The number of rotatable bonds is 12. The van der Waals surface area contributed by atoms with Gasteiger partial charge in [-0.3, -0.25) is 9.59 Å². The molecule has 7 nitrogen and oxygen atoms in total. The molecule has 1 aliphatic rings. The van der Waals surface area contributed by atoms with Crippen LogP contribution in [0.4, 0.5) is 0 Å². The molecule has 0 saturated heterocycles. The predicted molar refractivity (Wildman–Crippen MR) is 134 cm³/mol. The molecule has 8 heteroatoms. The topological polar surface area (TPSA) is 79.3 Å². The highest BCUT2D eigenvalue weighted by Crippen LogP contribution is 2.42. The van der Waals surface area contributed by atoms with Gasteiger partial charge in [-0.25, -0.2) is 0 Å². The van der Waals surface area contributed by atoms with Gasteiger partial charge in [-0.15, -0.1) is 11.3 Å². The van der Waals surface area contributed by atoms with Crippen LogP contribution in [0.3, 0.4) is 0 Å². The summed E-state index contributed by atoms with van der Waals surface area (Å²) in [6, 6.07) is 8.22. The Labute approximate surface area is 205 Å². The summed E-state index contributed by atoms with van der Waals surface area (Å²) in [6.45, 7) is 6.02. The van der Waals surface area contributed by atoms with Crippen LogP contribution in [0.15, 0.2) is 47.0 Å². The number of aliphatic hydroxyl groups excluding tert-OH is 1. The van der Waals surface area contributed by atoms with Gasteiger partial charge < -0.3 is 24.4 Å². The summed E-state index contributed by atoms with van der Waals surface area (Å²) < 4.78 is 11.5. The molecule has 1 aromatic heterocycles. The summed E-state index contributed by atoms with van der Waals surface area (Å²) in [5.41, 5.74) is 0.794. The largest absolute Gasteiger partial charge is 0.503 e. The molecule has 0 unspecified atom stereocenters. The third kappa shape index (κ3) is 5.80. The van der Waals surface area contributed by atoms with Gasteiger partial charge in [0.25, 0.3) is 5.91 Å². The van der Waals surface area contributed by atoms with Crippen molar-refractivity contribution in [1.82, 2.24) is 9.80 Å². The minimum Gasteiger partial charge on any atom is -0.503 e. The van der Waals surface area contributed by atoms with Crippen molar-refractivity contribution in [2.75, 3.05) is 40.9 Å². The number of hydrogen-bond donors (Lipinski definition) is 1. The summed E-state index contributed by atoms with van der Waals surface area (Å²) in [6.07, 6.45) is 1.62. The van der Waals surface area contributed by atoms with E-state index in [0.29, 0.717) is 47.4 Å². The van der Waals surface area contributed by atoms with Crippen molar-refractivity contribution in [3.05, 3.63) is 57.5 Å². The van der Waals surface area contributed by atoms with Crippen molar-refractivity contribution < 1.29 is 24.2 Å². The number of benzene rings is 1. The number of thiophene rings is 1. The second-order valence-electron chi connectivity index (χ2n) is 9.07. The van der Waals surface area contributed by atoms with E-state index in [4.69, 9.17) is 9.47 Å². The van der Waals surface area contributed by atoms with Gasteiger partial charge in [-0.1, -0.05) is 26.0 Å². The first-order chi connectivity index (χ1) is 16.2. The van der Waals surface area contributed by atoms with Crippen LogP contribution in [-0.4, -0.2) is 67.5 Å². The normalized spacial score (nSPS) is 16.1. The lowest BCUT2D eigenvalue weighted by atomic mass is 9.95. The molecule has 0 saturated carbocycles. The lowest BCUT2D eigenvalue weighted by Crippen LogP contribution is -2.33. The molecule has 0 aliphatic carbocycles. The number of carbonyl (C=O) groups excluding carboxylic acids is 2. The molecule has 2 heterocycles. The van der Waals surface area contributed by atoms with Gasteiger partial charge >= 0.3 is 0 Å². The fourth-order valence-electron chi connectivity index (χ4n) is 3.94. The molecule has 1 N–H and O–H groups in total. The smallest absolute Gasteiger partial charge is 0.290 e. The third-order valence-electron chi connectivity index (χ3n) is 5.75. The van der Waals surface area contributed by atoms with Gasteiger partial charge in [0, 0.05) is 6.54 Å². The van der Waals surface area contributed by atoms with Gasteiger partial charge in [-0.05, 0) is 68.5 Å². The highest BCUT2D eigenvalue weighted by atomic mass is 32.1. The number of hydrogen-bond acceptors (Lipinski definition) is 7. The lowest BCUT2D eigenvalue weighted by molar-refractivity contribution is -0.129. The molecule has 1 aliphatic heterocycles. The number of nitrogens with zero attached hydrogens (tertiary/aromatic N) is 2. The molecular formula is C26H34N2O5S. The number of Topliss-reactive ketones (excluding diaryl/α,β-unsaturated/α-hetero) is 1. The predicted octanol–water partition coefficient (Wildman–Crippen LogP) is 4.71. The van der Waals surface area contributed by atoms with Gasteiger partial charge in [-0.2, -0.15) is 0 Å². The molecule has 34 heavy (non-hydrogen) atoms. The molecule has 2 aromatic rings. The quantitative estimate of drug-likeness (QED) is 0.438. The van der Waals surface area contributed by atoms with Crippen molar-refractivity contribution in [2.45, 2.75) is 32.7 Å². The minimum absolute atomic E-state index is 0.104. The number of methoxy groups -OCH3 is 1. The maximum Gasteiger partial charge on any atom is 0.290 e. The number of ketones is 1. The van der Waals surface area contributed by atoms with Crippen LogP contribution in [0, 0.1) is 5.92 Å². The average Bonchev–Trinajstić information content (AvgIpc) is 3.41. The van der Waals surface area contributed by atoms with Crippen molar-refractivity contribution >= 4 is 23.0 Å². The van der Waals surface area contributed by atoms with E-state index < -0.39 is 17.7 Å². The van der Waals surface area contributed by atoms with Gasteiger partial charge in [0.1, 0.15) is 0 Å². The molecule has 0 radical (unpaired) electrons. The summed E-state index contributed by atoms with van der Waals surface area (Å²) in [5.74, 6) is 0.303. The lowest BCUT2D eigenvalue weighted by Gasteiger charge is -2.28. The fourth-order valence-corrected chi connectivity index (χ4v) is 4.62. The maximum absolute atomic E-state index is 13.4. The van der Waals surface area contributed by atoms with E-state index in [-0.39, 0.29) is 11.4 Å². The first-order valence-electron chi connectivity index (χ1n) is 11.5. The van der Waals surface area contributed by atoms with E-state index in [1.807, 2.05) is 25.1 Å². The molecule has 1 atom stereocenters. The van der Waals surface area contributed by atoms with Crippen molar-refractivity contribution in [3.8, 4) is 11.5 Å². The van der Waals surface area contributed by atoms with Crippen LogP contribution < -0.4 is 9.47 Å². The maximum atomic E-state index is 13.4. The SMILES string of the molecule is COc1cc([C@@H]2C(C(=O)c3cccs3)=C(O)C(=O)N2CCCN(C)C)ccc1OCCC(C)C. The van der Waals surface area contributed by atoms with E-state index in [1.165, 1.54) is 11.3 Å². The summed E-state index contributed by atoms with van der Waals surface area (Å²) in [5, 5.41) is 12.6.